The first-order valence-electron chi connectivity index (χ1n) is 5.24. The molecule has 1 aromatic rings. The molecule has 1 aromatic carbocycles. The highest BCUT2D eigenvalue weighted by atomic mass is 19.4. The third kappa shape index (κ3) is 4.12. The Morgan fingerprint density at radius 1 is 1.24 bits per heavy atom. The number of aliphatic hydroxyl groups excluding tert-OH is 1. The van der Waals surface area contributed by atoms with Crippen LogP contribution in [-0.4, -0.2) is 5.11 Å². The van der Waals surface area contributed by atoms with Crippen LogP contribution in [0.1, 0.15) is 36.5 Å². The normalized spacial score (nSPS) is 13.1. The molecule has 1 rings (SSSR count). The minimum absolute atomic E-state index is 0.454. The summed E-state index contributed by atoms with van der Waals surface area (Å²) < 4.78 is 36.9. The van der Waals surface area contributed by atoms with Crippen molar-refractivity contribution in [1.29, 1.82) is 0 Å². The second kappa shape index (κ2) is 5.74. The Morgan fingerprint density at radius 2 is 1.82 bits per heavy atom. The van der Waals surface area contributed by atoms with E-state index in [0.29, 0.717) is 24.8 Å². The molecule has 4 heteroatoms. The molecule has 0 spiro atoms. The number of rotatable bonds is 4. The van der Waals surface area contributed by atoms with Crippen LogP contribution in [0.2, 0.25) is 0 Å². The average Bonchev–Trinajstić information content (AvgIpc) is 2.28. The first-order valence-corrected chi connectivity index (χ1v) is 5.24. The first-order chi connectivity index (χ1) is 7.95. The Labute approximate surface area is 98.3 Å². The molecule has 1 N–H and O–H groups in total. The molecule has 1 atom stereocenters. The van der Waals surface area contributed by atoms with Crippen LogP contribution in [0.25, 0.3) is 0 Å². The van der Waals surface area contributed by atoms with Gasteiger partial charge in [-0.05, 0) is 30.5 Å². The number of aliphatic hydroxyl groups is 1. The first kappa shape index (κ1) is 13.6. The molecule has 0 aliphatic rings. The lowest BCUT2D eigenvalue weighted by Gasteiger charge is -2.12. The largest absolute Gasteiger partial charge is 0.416 e. The van der Waals surface area contributed by atoms with E-state index in [0.717, 1.165) is 12.1 Å². The smallest absolute Gasteiger partial charge is 0.388 e. The maximum absolute atomic E-state index is 12.3. The summed E-state index contributed by atoms with van der Waals surface area (Å²) in [7, 11) is 0. The van der Waals surface area contributed by atoms with Crippen LogP contribution < -0.4 is 0 Å². The second-order valence-corrected chi connectivity index (χ2v) is 3.73. The molecular formula is C13H13F3O. The third-order valence-electron chi connectivity index (χ3n) is 2.42. The van der Waals surface area contributed by atoms with Crippen LogP contribution >= 0.6 is 0 Å². The standard InChI is InChI=1S/C13H13F3O/c1-2-3-4-5-12(17)10-6-8-11(9-7-10)13(14,15)16/h1,6-9,12,17H,3-5H2. The Hall–Kier alpha value is -1.47. The van der Waals surface area contributed by atoms with Crippen molar-refractivity contribution in [1.82, 2.24) is 0 Å². The van der Waals surface area contributed by atoms with Crippen molar-refractivity contribution < 1.29 is 18.3 Å². The maximum atomic E-state index is 12.3. The number of hydrogen-bond donors (Lipinski definition) is 1. The van der Waals surface area contributed by atoms with E-state index in [9.17, 15) is 18.3 Å². The Morgan fingerprint density at radius 3 is 2.29 bits per heavy atom. The van der Waals surface area contributed by atoms with Gasteiger partial charge in [0.25, 0.3) is 0 Å². The number of halogens is 3. The van der Waals surface area contributed by atoms with Crippen LogP contribution in [0.3, 0.4) is 0 Å². The summed E-state index contributed by atoms with van der Waals surface area (Å²) in [5.41, 5.74) is -0.230. The highest BCUT2D eigenvalue weighted by molar-refractivity contribution is 5.25. The zero-order valence-electron chi connectivity index (χ0n) is 9.17. The van der Waals surface area contributed by atoms with E-state index < -0.39 is 17.8 Å². The van der Waals surface area contributed by atoms with E-state index >= 15 is 0 Å². The molecule has 17 heavy (non-hydrogen) atoms. The van der Waals surface area contributed by atoms with Gasteiger partial charge in [-0.3, -0.25) is 0 Å². The molecule has 0 radical (unpaired) electrons. The number of alkyl halides is 3. The maximum Gasteiger partial charge on any atom is 0.416 e. The van der Waals surface area contributed by atoms with Gasteiger partial charge in [0, 0.05) is 6.42 Å². The number of unbranched alkanes of at least 4 members (excludes halogenated alkanes) is 1. The summed E-state index contributed by atoms with van der Waals surface area (Å²) in [6.07, 6.45) is 1.62. The van der Waals surface area contributed by atoms with Crippen LogP contribution in [0.4, 0.5) is 13.2 Å². The van der Waals surface area contributed by atoms with Gasteiger partial charge in [-0.15, -0.1) is 12.3 Å². The zero-order valence-corrected chi connectivity index (χ0v) is 9.17. The van der Waals surface area contributed by atoms with E-state index in [4.69, 9.17) is 6.42 Å². The predicted octanol–water partition coefficient (Wildman–Crippen LogP) is 3.54. The minimum Gasteiger partial charge on any atom is -0.388 e. The van der Waals surface area contributed by atoms with Crippen molar-refractivity contribution in [3.05, 3.63) is 35.4 Å². The predicted molar refractivity (Wildman–Crippen MR) is 59.1 cm³/mol. The van der Waals surface area contributed by atoms with Gasteiger partial charge in [0.1, 0.15) is 0 Å². The Kier molecular flexibility index (Phi) is 4.59. The Balaban J connectivity index is 2.65. The fourth-order valence-electron chi connectivity index (χ4n) is 1.46. The lowest BCUT2D eigenvalue weighted by molar-refractivity contribution is -0.137. The quantitative estimate of drug-likeness (QED) is 0.632. The van der Waals surface area contributed by atoms with Crippen molar-refractivity contribution in [2.45, 2.75) is 31.5 Å². The molecule has 0 aliphatic carbocycles. The highest BCUT2D eigenvalue weighted by Gasteiger charge is 2.30. The molecular weight excluding hydrogens is 229 g/mol. The summed E-state index contributed by atoms with van der Waals surface area (Å²) in [6.45, 7) is 0. The van der Waals surface area contributed by atoms with Crippen molar-refractivity contribution in [2.24, 2.45) is 0 Å². The van der Waals surface area contributed by atoms with Crippen LogP contribution in [0.15, 0.2) is 24.3 Å². The molecule has 92 valence electrons. The number of benzene rings is 1. The molecule has 0 saturated heterocycles. The van der Waals surface area contributed by atoms with Crippen molar-refractivity contribution in [3.8, 4) is 12.3 Å². The molecule has 0 amide bonds. The van der Waals surface area contributed by atoms with Gasteiger partial charge < -0.3 is 5.11 Å². The molecule has 0 fully saturated rings. The van der Waals surface area contributed by atoms with Gasteiger partial charge in [-0.2, -0.15) is 13.2 Å². The summed E-state index contributed by atoms with van der Waals surface area (Å²) in [5.74, 6) is 2.44. The van der Waals surface area contributed by atoms with Crippen LogP contribution in [0.5, 0.6) is 0 Å². The van der Waals surface area contributed by atoms with Crippen molar-refractivity contribution in [3.63, 3.8) is 0 Å². The van der Waals surface area contributed by atoms with Crippen molar-refractivity contribution in [2.75, 3.05) is 0 Å². The second-order valence-electron chi connectivity index (χ2n) is 3.73. The topological polar surface area (TPSA) is 20.2 Å². The van der Waals surface area contributed by atoms with Gasteiger partial charge in [-0.1, -0.05) is 12.1 Å². The van der Waals surface area contributed by atoms with Gasteiger partial charge >= 0.3 is 6.18 Å². The van der Waals surface area contributed by atoms with Crippen molar-refractivity contribution >= 4 is 0 Å². The summed E-state index contributed by atoms with van der Waals surface area (Å²) >= 11 is 0. The van der Waals surface area contributed by atoms with E-state index in [2.05, 4.69) is 5.92 Å². The molecule has 0 bridgehead atoms. The summed E-state index contributed by atoms with van der Waals surface area (Å²) in [6, 6.07) is 4.53. The fourth-order valence-corrected chi connectivity index (χ4v) is 1.46. The SMILES string of the molecule is C#CCCCC(O)c1ccc(C(F)(F)F)cc1. The van der Waals surface area contributed by atoms with E-state index in [-0.39, 0.29) is 0 Å². The molecule has 1 unspecified atom stereocenters. The minimum atomic E-state index is -4.34. The van der Waals surface area contributed by atoms with Gasteiger partial charge in [0.2, 0.25) is 0 Å². The van der Waals surface area contributed by atoms with Crippen LogP contribution in [-0.2, 0) is 6.18 Å². The van der Waals surface area contributed by atoms with E-state index in [1.54, 1.807) is 0 Å². The zero-order chi connectivity index (χ0) is 12.9. The average molecular weight is 242 g/mol. The summed E-state index contributed by atoms with van der Waals surface area (Å²) in [5, 5.41) is 9.69. The van der Waals surface area contributed by atoms with Gasteiger partial charge in [-0.25, -0.2) is 0 Å². The van der Waals surface area contributed by atoms with Gasteiger partial charge in [0.15, 0.2) is 0 Å². The summed E-state index contributed by atoms with van der Waals surface area (Å²) in [4.78, 5) is 0. The monoisotopic (exact) mass is 242 g/mol. The molecule has 0 aromatic heterocycles. The van der Waals surface area contributed by atoms with E-state index in [1.165, 1.54) is 12.1 Å². The number of hydrogen-bond acceptors (Lipinski definition) is 1. The lowest BCUT2D eigenvalue weighted by atomic mass is 10.0. The molecule has 0 heterocycles. The van der Waals surface area contributed by atoms with Crippen LogP contribution in [0, 0.1) is 12.3 Å². The molecule has 0 aliphatic heterocycles. The number of terminal acetylenes is 1. The molecule has 0 saturated carbocycles. The highest BCUT2D eigenvalue weighted by Crippen LogP contribution is 2.30. The lowest BCUT2D eigenvalue weighted by Crippen LogP contribution is -2.05. The fraction of sp³-hybridized carbons (Fsp3) is 0.385. The Bertz CT molecular complexity index is 387. The molecule has 1 nitrogen and oxygen atoms in total. The third-order valence-corrected chi connectivity index (χ3v) is 2.42. The van der Waals surface area contributed by atoms with E-state index in [1.807, 2.05) is 0 Å². The van der Waals surface area contributed by atoms with Gasteiger partial charge in [0.05, 0.1) is 11.7 Å².